The third-order valence-electron chi connectivity index (χ3n) is 11.0. The Morgan fingerprint density at radius 1 is 0.407 bits per heavy atom. The van der Waals surface area contributed by atoms with E-state index in [0.717, 1.165) is 19.3 Å². The number of unbranched alkanes of at least 4 members (excludes halogenated alkanes) is 38. The van der Waals surface area contributed by atoms with Gasteiger partial charge in [-0.2, -0.15) is 0 Å². The zero-order valence-electron chi connectivity index (χ0n) is 36.9. The van der Waals surface area contributed by atoms with Crippen LogP contribution in [0.15, 0.2) is 24.8 Å². The molecule has 0 saturated carbocycles. The molecule has 320 valence electrons. The summed E-state index contributed by atoms with van der Waals surface area (Å²) >= 11 is 0. The molecule has 0 rings (SSSR count). The Morgan fingerprint density at radius 2 is 0.630 bits per heavy atom. The van der Waals surface area contributed by atoms with Crippen LogP contribution in [0.4, 0.5) is 0 Å². The fourth-order valence-electron chi connectivity index (χ4n) is 7.29. The molecule has 0 aliphatic carbocycles. The van der Waals surface area contributed by atoms with Gasteiger partial charge in [-0.25, -0.2) is 9.59 Å². The van der Waals surface area contributed by atoms with E-state index in [9.17, 15) is 9.59 Å². The van der Waals surface area contributed by atoms with Crippen molar-refractivity contribution in [1.82, 2.24) is 0 Å². The maximum atomic E-state index is 10.9. The standard InChI is InChI=1S/2C25H48O2/c1-3-4-5-6-7-8-9-10-11-12-13-14-15-16-17-18-19-20-21-22-23-24(2)25(26)27;1-3-5-6-7-8-9-10-11-12-13-14-15-16-17-18-19-20-21-22-23-24-27-25(26)4-2/h2-23H2,1H3,(H,26,27);4H,2-3,5-24H2,1H3. The van der Waals surface area contributed by atoms with Crippen LogP contribution in [0.2, 0.25) is 0 Å². The van der Waals surface area contributed by atoms with E-state index in [1.807, 2.05) is 0 Å². The minimum absolute atomic E-state index is 0.298. The Hall–Kier alpha value is -1.58. The third kappa shape index (κ3) is 50.4. The highest BCUT2D eigenvalue weighted by Gasteiger charge is 2.03. The van der Waals surface area contributed by atoms with Gasteiger partial charge in [-0.05, 0) is 19.3 Å². The topological polar surface area (TPSA) is 63.6 Å². The monoisotopic (exact) mass is 761 g/mol. The van der Waals surface area contributed by atoms with Crippen LogP contribution in [0.5, 0.6) is 0 Å². The number of hydrogen-bond donors (Lipinski definition) is 1. The van der Waals surface area contributed by atoms with Crippen LogP contribution >= 0.6 is 0 Å². The first-order chi connectivity index (χ1) is 26.5. The van der Waals surface area contributed by atoms with Crippen LogP contribution < -0.4 is 0 Å². The van der Waals surface area contributed by atoms with Crippen molar-refractivity contribution in [2.24, 2.45) is 0 Å². The number of aliphatic carboxylic acids is 1. The van der Waals surface area contributed by atoms with Crippen LogP contribution in [0.3, 0.4) is 0 Å². The summed E-state index contributed by atoms with van der Waals surface area (Å²) in [5, 5.41) is 8.74. The highest BCUT2D eigenvalue weighted by molar-refractivity contribution is 5.85. The molecule has 0 heterocycles. The van der Waals surface area contributed by atoms with E-state index in [1.165, 1.54) is 244 Å². The smallest absolute Gasteiger partial charge is 0.330 e. The van der Waals surface area contributed by atoms with Gasteiger partial charge in [0.1, 0.15) is 0 Å². The minimum atomic E-state index is -0.840. The molecule has 4 nitrogen and oxygen atoms in total. The van der Waals surface area contributed by atoms with E-state index in [1.54, 1.807) is 0 Å². The molecule has 0 unspecified atom stereocenters. The second kappa shape index (κ2) is 49.4. The molecule has 1 N–H and O–H groups in total. The van der Waals surface area contributed by atoms with Gasteiger partial charge in [0.2, 0.25) is 0 Å². The molecule has 0 aromatic rings. The first-order valence-electron chi connectivity index (χ1n) is 24.2. The predicted molar refractivity (Wildman–Crippen MR) is 239 cm³/mol. The average molecular weight is 761 g/mol. The summed E-state index contributed by atoms with van der Waals surface area (Å²) in [6.07, 6.45) is 57.0. The van der Waals surface area contributed by atoms with E-state index < -0.39 is 5.97 Å². The maximum Gasteiger partial charge on any atom is 0.330 e. The third-order valence-corrected chi connectivity index (χ3v) is 11.0. The van der Waals surface area contributed by atoms with Gasteiger partial charge >= 0.3 is 11.9 Å². The molecule has 0 aliphatic heterocycles. The molecule has 0 spiro atoms. The average Bonchev–Trinajstić information content (AvgIpc) is 3.17. The second-order valence-electron chi connectivity index (χ2n) is 16.5. The number of hydrogen-bond acceptors (Lipinski definition) is 3. The van der Waals surface area contributed by atoms with Crippen molar-refractivity contribution in [2.75, 3.05) is 6.61 Å². The molecular weight excluding hydrogens is 665 g/mol. The fourth-order valence-corrected chi connectivity index (χ4v) is 7.29. The lowest BCUT2D eigenvalue weighted by Crippen LogP contribution is -2.01. The van der Waals surface area contributed by atoms with Crippen molar-refractivity contribution >= 4 is 11.9 Å². The van der Waals surface area contributed by atoms with Crippen molar-refractivity contribution in [3.63, 3.8) is 0 Å². The molecule has 0 amide bonds. The van der Waals surface area contributed by atoms with Gasteiger partial charge in [-0.1, -0.05) is 271 Å². The van der Waals surface area contributed by atoms with E-state index in [0.29, 0.717) is 18.6 Å². The SMILES string of the molecule is C=C(CCCCCCCCCCCCCCCCCCCCCC)C(=O)O.C=CC(=O)OCCCCCCCCCCCCCCCCCCCCCC. The number of carboxylic acids is 1. The van der Waals surface area contributed by atoms with E-state index in [-0.39, 0.29) is 5.97 Å². The van der Waals surface area contributed by atoms with Crippen LogP contribution in [0.1, 0.15) is 277 Å². The molecule has 0 radical (unpaired) electrons. The lowest BCUT2D eigenvalue weighted by molar-refractivity contribution is -0.138. The Balaban J connectivity index is 0. The van der Waals surface area contributed by atoms with Crippen molar-refractivity contribution in [1.29, 1.82) is 0 Å². The number of ether oxygens (including phenoxy) is 1. The minimum Gasteiger partial charge on any atom is -0.478 e. The van der Waals surface area contributed by atoms with Crippen LogP contribution in [-0.2, 0) is 14.3 Å². The van der Waals surface area contributed by atoms with E-state index in [4.69, 9.17) is 9.84 Å². The normalized spacial score (nSPS) is 10.9. The molecule has 54 heavy (non-hydrogen) atoms. The lowest BCUT2D eigenvalue weighted by atomic mass is 10.0. The number of carboxylic acid groups (broad SMARTS) is 1. The van der Waals surface area contributed by atoms with Gasteiger partial charge in [0.05, 0.1) is 6.61 Å². The molecule has 0 saturated heterocycles. The second-order valence-corrected chi connectivity index (χ2v) is 16.5. The molecule has 0 aliphatic rings. The Morgan fingerprint density at radius 3 is 0.852 bits per heavy atom. The van der Waals surface area contributed by atoms with Gasteiger partial charge in [0.25, 0.3) is 0 Å². The molecule has 4 heteroatoms. The molecule has 0 aromatic heterocycles. The zero-order chi connectivity index (χ0) is 39.8. The first kappa shape index (κ1) is 54.5. The first-order valence-corrected chi connectivity index (χ1v) is 24.2. The fraction of sp³-hybridized carbons (Fsp3) is 0.880. The lowest BCUT2D eigenvalue weighted by Gasteiger charge is -2.04. The van der Waals surface area contributed by atoms with Gasteiger partial charge in [-0.15, -0.1) is 0 Å². The van der Waals surface area contributed by atoms with Crippen molar-refractivity contribution in [3.8, 4) is 0 Å². The van der Waals surface area contributed by atoms with Gasteiger partial charge in [0.15, 0.2) is 0 Å². The highest BCUT2D eigenvalue weighted by atomic mass is 16.5. The predicted octanol–water partition coefficient (Wildman–Crippen LogP) is 17.4. The van der Waals surface area contributed by atoms with Crippen molar-refractivity contribution in [3.05, 3.63) is 24.8 Å². The largest absolute Gasteiger partial charge is 0.478 e. The highest BCUT2D eigenvalue weighted by Crippen LogP contribution is 2.17. The van der Waals surface area contributed by atoms with E-state index in [2.05, 4.69) is 27.0 Å². The number of carbonyl (C=O) groups is 2. The molecule has 0 atom stereocenters. The van der Waals surface area contributed by atoms with Gasteiger partial charge in [-0.3, -0.25) is 0 Å². The Labute approximate surface area is 338 Å². The summed E-state index contributed by atoms with van der Waals surface area (Å²) in [6, 6.07) is 0. The summed E-state index contributed by atoms with van der Waals surface area (Å²) in [4.78, 5) is 21.5. The van der Waals surface area contributed by atoms with Crippen molar-refractivity contribution in [2.45, 2.75) is 277 Å². The van der Waals surface area contributed by atoms with Crippen LogP contribution in [-0.4, -0.2) is 23.7 Å². The Bertz CT molecular complexity index is 773. The number of carbonyl (C=O) groups excluding carboxylic acids is 1. The number of rotatable bonds is 44. The van der Waals surface area contributed by atoms with Crippen LogP contribution in [0.25, 0.3) is 0 Å². The van der Waals surface area contributed by atoms with E-state index >= 15 is 0 Å². The summed E-state index contributed by atoms with van der Waals surface area (Å²) in [5.41, 5.74) is 0.359. The molecular formula is C50H96O4. The summed E-state index contributed by atoms with van der Waals surface area (Å²) < 4.78 is 4.97. The van der Waals surface area contributed by atoms with Gasteiger partial charge in [0, 0.05) is 11.6 Å². The summed E-state index contributed by atoms with van der Waals surface area (Å²) in [5.74, 6) is -1.14. The van der Waals surface area contributed by atoms with Crippen molar-refractivity contribution < 1.29 is 19.4 Å². The summed E-state index contributed by atoms with van der Waals surface area (Å²) in [7, 11) is 0. The van der Waals surface area contributed by atoms with Crippen LogP contribution in [0, 0.1) is 0 Å². The summed E-state index contributed by atoms with van der Waals surface area (Å²) in [6.45, 7) is 12.1. The zero-order valence-corrected chi connectivity index (χ0v) is 36.9. The maximum absolute atomic E-state index is 10.9. The Kier molecular flexibility index (Phi) is 49.9. The molecule has 0 aromatic carbocycles. The number of esters is 1. The molecule has 0 fully saturated rings. The van der Waals surface area contributed by atoms with Gasteiger partial charge < -0.3 is 9.84 Å². The molecule has 0 bridgehead atoms. The quantitative estimate of drug-likeness (QED) is 0.0382.